The van der Waals surface area contributed by atoms with Crippen LogP contribution in [0.1, 0.15) is 18.4 Å². The van der Waals surface area contributed by atoms with Crippen LogP contribution in [0, 0.1) is 17.6 Å². The Kier molecular flexibility index (Phi) is 3.90. The maximum absolute atomic E-state index is 13.8. The number of benzene rings is 1. The molecule has 0 radical (unpaired) electrons. The van der Waals surface area contributed by atoms with Gasteiger partial charge in [-0.25, -0.2) is 8.78 Å². The molecule has 0 atom stereocenters. The van der Waals surface area contributed by atoms with Gasteiger partial charge in [-0.3, -0.25) is 0 Å². The van der Waals surface area contributed by atoms with E-state index in [0.717, 1.165) is 12.1 Å². The molecule has 0 amide bonds. The molecule has 2 rings (SSSR count). The van der Waals surface area contributed by atoms with Crippen molar-refractivity contribution in [2.45, 2.75) is 31.6 Å². The highest BCUT2D eigenvalue weighted by Gasteiger charge is 2.49. The van der Waals surface area contributed by atoms with E-state index in [4.69, 9.17) is 5.73 Å². The van der Waals surface area contributed by atoms with Crippen LogP contribution in [-0.4, -0.2) is 19.3 Å². The van der Waals surface area contributed by atoms with Crippen molar-refractivity contribution in [3.8, 4) is 0 Å². The summed E-state index contributed by atoms with van der Waals surface area (Å²) in [6, 6.07) is 1.71. The van der Waals surface area contributed by atoms with Gasteiger partial charge in [-0.05, 0) is 30.5 Å². The normalized spacial score (nSPS) is 22.6. The molecule has 1 aromatic rings. The molecule has 0 aliphatic heterocycles. The van der Waals surface area contributed by atoms with Crippen LogP contribution in [0.15, 0.2) is 12.1 Å². The minimum absolute atomic E-state index is 0.00257. The van der Waals surface area contributed by atoms with Crippen molar-refractivity contribution in [1.29, 1.82) is 0 Å². The number of hydrogen-bond acceptors (Lipinski definition) is 2. The zero-order chi connectivity index (χ0) is 15.1. The monoisotopic (exact) mass is 294 g/mol. The molecule has 112 valence electrons. The fraction of sp³-hybridized carbons (Fsp3) is 0.538. The fourth-order valence-electron chi connectivity index (χ4n) is 2.43. The standard InChI is InChI=1S/C13H15F5N2/c1-20(9-4-8(5-9)13(16,17)18)12-10(14)2-7(6-19)3-11(12)15/h2-3,8-9H,4-6,19H2,1H3. The first-order chi connectivity index (χ1) is 9.24. The Bertz CT molecular complexity index is 471. The first-order valence-electron chi connectivity index (χ1n) is 6.21. The van der Waals surface area contributed by atoms with Gasteiger partial charge in [-0.1, -0.05) is 0 Å². The van der Waals surface area contributed by atoms with Crippen LogP contribution in [-0.2, 0) is 6.54 Å². The average Bonchev–Trinajstić information content (AvgIpc) is 2.23. The highest BCUT2D eigenvalue weighted by molar-refractivity contribution is 5.51. The molecule has 0 aromatic heterocycles. The van der Waals surface area contributed by atoms with Crippen LogP contribution in [0.3, 0.4) is 0 Å². The first kappa shape index (κ1) is 15.0. The van der Waals surface area contributed by atoms with E-state index < -0.39 is 29.8 Å². The minimum atomic E-state index is -4.24. The maximum Gasteiger partial charge on any atom is 0.391 e. The summed E-state index contributed by atoms with van der Waals surface area (Å²) in [5.41, 5.74) is 5.31. The van der Waals surface area contributed by atoms with Crippen molar-refractivity contribution in [2.24, 2.45) is 11.7 Å². The van der Waals surface area contributed by atoms with Crippen LogP contribution in [0.25, 0.3) is 0 Å². The maximum atomic E-state index is 13.8. The van der Waals surface area contributed by atoms with Crippen LogP contribution < -0.4 is 10.6 Å². The lowest BCUT2D eigenvalue weighted by Crippen LogP contribution is -2.48. The Morgan fingerprint density at radius 2 is 1.70 bits per heavy atom. The molecule has 20 heavy (non-hydrogen) atoms. The fourth-order valence-corrected chi connectivity index (χ4v) is 2.43. The molecule has 0 heterocycles. The van der Waals surface area contributed by atoms with E-state index >= 15 is 0 Å². The van der Waals surface area contributed by atoms with Crippen LogP contribution in [0.5, 0.6) is 0 Å². The number of nitrogens with two attached hydrogens (primary N) is 1. The second-order valence-electron chi connectivity index (χ2n) is 5.09. The van der Waals surface area contributed by atoms with E-state index in [-0.39, 0.29) is 25.1 Å². The van der Waals surface area contributed by atoms with Gasteiger partial charge in [0.1, 0.15) is 17.3 Å². The second-order valence-corrected chi connectivity index (χ2v) is 5.09. The second kappa shape index (κ2) is 5.20. The number of rotatable bonds is 3. The Morgan fingerprint density at radius 1 is 1.20 bits per heavy atom. The highest BCUT2D eigenvalue weighted by atomic mass is 19.4. The van der Waals surface area contributed by atoms with Crippen molar-refractivity contribution in [3.63, 3.8) is 0 Å². The summed E-state index contributed by atoms with van der Waals surface area (Å²) in [7, 11) is 1.40. The summed E-state index contributed by atoms with van der Waals surface area (Å²) < 4.78 is 64.9. The zero-order valence-electron chi connectivity index (χ0n) is 10.8. The van der Waals surface area contributed by atoms with Crippen LogP contribution in [0.4, 0.5) is 27.6 Å². The molecule has 0 spiro atoms. The van der Waals surface area contributed by atoms with E-state index in [1.54, 1.807) is 0 Å². The summed E-state index contributed by atoms with van der Waals surface area (Å²) >= 11 is 0. The number of alkyl halides is 3. The number of nitrogens with zero attached hydrogens (tertiary/aromatic N) is 1. The Morgan fingerprint density at radius 3 is 2.10 bits per heavy atom. The summed E-state index contributed by atoms with van der Waals surface area (Å²) in [4.78, 5) is 1.24. The molecule has 1 aliphatic rings. The molecular formula is C13H15F5N2. The molecule has 2 N–H and O–H groups in total. The highest BCUT2D eigenvalue weighted by Crippen LogP contribution is 2.44. The van der Waals surface area contributed by atoms with Crippen molar-refractivity contribution < 1.29 is 22.0 Å². The van der Waals surface area contributed by atoms with Gasteiger partial charge in [0, 0.05) is 19.6 Å². The van der Waals surface area contributed by atoms with E-state index in [2.05, 4.69) is 0 Å². The van der Waals surface area contributed by atoms with Gasteiger partial charge in [0.2, 0.25) is 0 Å². The first-order valence-corrected chi connectivity index (χ1v) is 6.21. The van der Waals surface area contributed by atoms with Gasteiger partial charge in [-0.15, -0.1) is 0 Å². The molecule has 7 heteroatoms. The Hall–Kier alpha value is -1.37. The molecule has 1 fully saturated rings. The lowest BCUT2D eigenvalue weighted by molar-refractivity contribution is -0.196. The van der Waals surface area contributed by atoms with E-state index in [1.807, 2.05) is 0 Å². The van der Waals surface area contributed by atoms with E-state index in [1.165, 1.54) is 11.9 Å². The predicted molar refractivity (Wildman–Crippen MR) is 65.2 cm³/mol. The zero-order valence-corrected chi connectivity index (χ0v) is 10.8. The smallest absolute Gasteiger partial charge is 0.367 e. The number of halogens is 5. The molecule has 2 nitrogen and oxygen atoms in total. The van der Waals surface area contributed by atoms with Crippen molar-refractivity contribution in [2.75, 3.05) is 11.9 Å². The predicted octanol–water partition coefficient (Wildman–Crippen LogP) is 3.20. The molecule has 0 bridgehead atoms. The largest absolute Gasteiger partial charge is 0.391 e. The van der Waals surface area contributed by atoms with Gasteiger partial charge in [0.25, 0.3) is 0 Å². The van der Waals surface area contributed by atoms with Gasteiger partial charge < -0.3 is 10.6 Å². The molecule has 1 aromatic carbocycles. The molecule has 1 aliphatic carbocycles. The quantitative estimate of drug-likeness (QED) is 0.867. The van der Waals surface area contributed by atoms with Gasteiger partial charge in [0.05, 0.1) is 5.92 Å². The van der Waals surface area contributed by atoms with Crippen molar-refractivity contribution in [1.82, 2.24) is 0 Å². The molecular weight excluding hydrogens is 279 g/mol. The summed E-state index contributed by atoms with van der Waals surface area (Å²) in [6.45, 7) is -0.00257. The van der Waals surface area contributed by atoms with Gasteiger partial charge in [0.15, 0.2) is 0 Å². The van der Waals surface area contributed by atoms with Crippen molar-refractivity contribution >= 4 is 5.69 Å². The lowest BCUT2D eigenvalue weighted by atomic mass is 9.79. The van der Waals surface area contributed by atoms with Crippen LogP contribution >= 0.6 is 0 Å². The SMILES string of the molecule is CN(c1c(F)cc(CN)cc1F)C1CC(C(F)(F)F)C1. The minimum Gasteiger partial charge on any atom is -0.367 e. The molecule has 1 saturated carbocycles. The third-order valence-corrected chi connectivity index (χ3v) is 3.79. The Balaban J connectivity index is 2.14. The summed E-state index contributed by atoms with van der Waals surface area (Å²) in [5, 5.41) is 0. The van der Waals surface area contributed by atoms with Crippen LogP contribution in [0.2, 0.25) is 0 Å². The number of hydrogen-bond donors (Lipinski definition) is 1. The topological polar surface area (TPSA) is 29.3 Å². The summed E-state index contributed by atoms with van der Waals surface area (Å²) in [5.74, 6) is -2.99. The van der Waals surface area contributed by atoms with Gasteiger partial charge in [-0.2, -0.15) is 13.2 Å². The third kappa shape index (κ3) is 2.72. The van der Waals surface area contributed by atoms with Gasteiger partial charge >= 0.3 is 6.18 Å². The van der Waals surface area contributed by atoms with E-state index in [0.29, 0.717) is 5.56 Å². The summed E-state index contributed by atoms with van der Waals surface area (Å²) in [6.07, 6.45) is -4.52. The van der Waals surface area contributed by atoms with Crippen molar-refractivity contribution in [3.05, 3.63) is 29.3 Å². The average molecular weight is 294 g/mol. The molecule has 0 unspecified atom stereocenters. The number of anilines is 1. The molecule has 0 saturated heterocycles. The lowest BCUT2D eigenvalue weighted by Gasteiger charge is -2.43. The Labute approximate surface area is 113 Å². The third-order valence-electron chi connectivity index (χ3n) is 3.79. The van der Waals surface area contributed by atoms with E-state index in [9.17, 15) is 22.0 Å².